The molecule has 1 aromatic carbocycles. The molecular weight excluding hydrogens is 361 g/mol. The second-order valence-corrected chi connectivity index (χ2v) is 6.85. The van der Waals surface area contributed by atoms with Crippen molar-refractivity contribution >= 4 is 5.91 Å². The van der Waals surface area contributed by atoms with E-state index in [1.807, 2.05) is 24.1 Å². The fourth-order valence-corrected chi connectivity index (χ4v) is 3.35. The number of nitriles is 1. The number of carbonyl (C=O) groups is 1. The molecule has 1 aliphatic rings. The summed E-state index contributed by atoms with van der Waals surface area (Å²) >= 11 is 0. The van der Waals surface area contributed by atoms with E-state index in [0.717, 1.165) is 17.7 Å². The second-order valence-electron chi connectivity index (χ2n) is 6.85. The number of aromatic nitrogens is 2. The van der Waals surface area contributed by atoms with Crippen molar-refractivity contribution in [1.29, 1.82) is 5.26 Å². The lowest BCUT2D eigenvalue weighted by molar-refractivity contribution is -0.129. The summed E-state index contributed by atoms with van der Waals surface area (Å²) in [5.41, 5.74) is 7.41. The van der Waals surface area contributed by atoms with Crippen LogP contribution < -0.4 is 5.73 Å². The average molecular weight is 385 g/mol. The van der Waals surface area contributed by atoms with Crippen LogP contribution in [0.25, 0.3) is 11.1 Å². The highest BCUT2D eigenvalue weighted by atomic mass is 19.1. The van der Waals surface area contributed by atoms with Crippen LogP contribution in [0.1, 0.15) is 18.9 Å². The summed E-state index contributed by atoms with van der Waals surface area (Å²) in [6.07, 6.45) is 3.73. The number of amides is 1. The fraction of sp³-hybridized carbons (Fsp3) is 0.450. The molecule has 2 heterocycles. The van der Waals surface area contributed by atoms with Crippen molar-refractivity contribution in [2.45, 2.75) is 38.5 Å². The van der Waals surface area contributed by atoms with Gasteiger partial charge in [-0.3, -0.25) is 14.4 Å². The number of nitrogens with two attached hydrogens (primary N) is 1. The smallest absolute Gasteiger partial charge is 0.247 e. The largest absolute Gasteiger partial charge is 0.367 e. The topological polar surface area (TPSA) is 97.2 Å². The molecule has 0 unspecified atom stereocenters. The van der Waals surface area contributed by atoms with Crippen LogP contribution in [0, 0.1) is 17.1 Å². The van der Waals surface area contributed by atoms with Crippen LogP contribution in [0.3, 0.4) is 0 Å². The van der Waals surface area contributed by atoms with E-state index < -0.39 is 18.1 Å². The van der Waals surface area contributed by atoms with Crippen molar-refractivity contribution in [1.82, 2.24) is 14.7 Å². The molecule has 1 aromatic heterocycles. The predicted octanol–water partition coefficient (Wildman–Crippen LogP) is 1.72. The summed E-state index contributed by atoms with van der Waals surface area (Å²) < 4.78 is 21.9. The number of aryl methyl sites for hydroxylation is 1. The molecular formula is C20H24FN5O2. The summed E-state index contributed by atoms with van der Waals surface area (Å²) in [5, 5.41) is 13.8. The Morgan fingerprint density at radius 3 is 2.96 bits per heavy atom. The number of carbonyl (C=O) groups excluding carboxylic acids is 1. The zero-order valence-electron chi connectivity index (χ0n) is 15.8. The standard InChI is InChI=1S/C20H24FN5O2/c1-2-26-12-16(11-24-26)14-4-5-15(18(21)9-14)8-17(10-22)25-6-3-7-28-19(13-25)20(23)27/h4-5,9,11-12,17,19H,2-3,6-8,13H2,1H3,(H2,23,27)/t17-,19-/m0/s1. The van der Waals surface area contributed by atoms with Gasteiger partial charge >= 0.3 is 0 Å². The first-order valence-electron chi connectivity index (χ1n) is 9.37. The van der Waals surface area contributed by atoms with Gasteiger partial charge in [0, 0.05) is 44.4 Å². The van der Waals surface area contributed by atoms with Gasteiger partial charge in [0.2, 0.25) is 5.91 Å². The van der Waals surface area contributed by atoms with Gasteiger partial charge in [-0.25, -0.2) is 4.39 Å². The van der Waals surface area contributed by atoms with E-state index in [9.17, 15) is 14.4 Å². The molecule has 3 rings (SSSR count). The Kier molecular flexibility index (Phi) is 6.39. The van der Waals surface area contributed by atoms with Crippen LogP contribution in [0.15, 0.2) is 30.6 Å². The van der Waals surface area contributed by atoms with Gasteiger partial charge in [-0.15, -0.1) is 0 Å². The van der Waals surface area contributed by atoms with E-state index in [2.05, 4.69) is 11.2 Å². The van der Waals surface area contributed by atoms with E-state index >= 15 is 0 Å². The molecule has 0 radical (unpaired) electrons. The van der Waals surface area contributed by atoms with Crippen molar-refractivity contribution in [2.75, 3.05) is 19.7 Å². The first-order valence-corrected chi connectivity index (χ1v) is 9.37. The van der Waals surface area contributed by atoms with Crippen LogP contribution in [0.5, 0.6) is 0 Å². The summed E-state index contributed by atoms with van der Waals surface area (Å²) in [6, 6.07) is 6.68. The van der Waals surface area contributed by atoms with Crippen molar-refractivity contribution in [3.8, 4) is 17.2 Å². The minimum atomic E-state index is -0.749. The minimum absolute atomic E-state index is 0.225. The Labute approximate surface area is 163 Å². The van der Waals surface area contributed by atoms with Crippen molar-refractivity contribution in [3.05, 3.63) is 42.0 Å². The van der Waals surface area contributed by atoms with E-state index in [1.165, 1.54) is 6.07 Å². The van der Waals surface area contributed by atoms with Crippen molar-refractivity contribution < 1.29 is 13.9 Å². The van der Waals surface area contributed by atoms with Crippen molar-refractivity contribution in [3.63, 3.8) is 0 Å². The fourth-order valence-electron chi connectivity index (χ4n) is 3.35. The summed E-state index contributed by atoms with van der Waals surface area (Å²) in [5.74, 6) is -0.911. The number of rotatable bonds is 6. The van der Waals surface area contributed by atoms with Crippen LogP contribution in [-0.4, -0.2) is 52.4 Å². The zero-order valence-corrected chi connectivity index (χ0v) is 15.8. The lowest BCUT2D eigenvalue weighted by atomic mass is 10.0. The SMILES string of the molecule is CCn1cc(-c2ccc(C[C@@H](C#N)N3CCCO[C@H](C(N)=O)C3)c(F)c2)cn1. The third-order valence-corrected chi connectivity index (χ3v) is 4.97. The van der Waals surface area contributed by atoms with Gasteiger partial charge in [-0.2, -0.15) is 10.4 Å². The normalized spacial score (nSPS) is 19.0. The molecule has 0 bridgehead atoms. The minimum Gasteiger partial charge on any atom is -0.367 e. The average Bonchev–Trinajstić information content (AvgIpc) is 3.03. The molecule has 28 heavy (non-hydrogen) atoms. The summed E-state index contributed by atoms with van der Waals surface area (Å²) in [7, 11) is 0. The Morgan fingerprint density at radius 2 is 2.32 bits per heavy atom. The highest BCUT2D eigenvalue weighted by Crippen LogP contribution is 2.23. The molecule has 1 fully saturated rings. The van der Waals surface area contributed by atoms with Gasteiger partial charge in [0.15, 0.2) is 0 Å². The molecule has 7 nitrogen and oxygen atoms in total. The maximum Gasteiger partial charge on any atom is 0.247 e. The molecule has 1 saturated heterocycles. The molecule has 1 amide bonds. The first kappa shape index (κ1) is 20.0. The lowest BCUT2D eigenvalue weighted by Gasteiger charge is -2.27. The van der Waals surface area contributed by atoms with Gasteiger partial charge in [0.05, 0.1) is 12.3 Å². The molecule has 0 spiro atoms. The van der Waals surface area contributed by atoms with Crippen molar-refractivity contribution in [2.24, 2.45) is 5.73 Å². The number of hydrogen-bond donors (Lipinski definition) is 1. The van der Waals surface area contributed by atoms with Gasteiger partial charge < -0.3 is 10.5 Å². The van der Waals surface area contributed by atoms with E-state index in [4.69, 9.17) is 10.5 Å². The molecule has 1 aliphatic heterocycles. The van der Waals surface area contributed by atoms with Crippen LogP contribution in [0.2, 0.25) is 0 Å². The molecule has 2 N–H and O–H groups in total. The van der Waals surface area contributed by atoms with E-state index in [1.54, 1.807) is 16.9 Å². The molecule has 0 saturated carbocycles. The van der Waals surface area contributed by atoms with Gasteiger partial charge in [-0.1, -0.05) is 12.1 Å². The first-order chi connectivity index (χ1) is 13.5. The molecule has 148 valence electrons. The maximum atomic E-state index is 14.7. The Bertz CT molecular complexity index is 876. The molecule has 0 aliphatic carbocycles. The monoisotopic (exact) mass is 385 g/mol. The Morgan fingerprint density at radius 1 is 1.50 bits per heavy atom. The highest BCUT2D eigenvalue weighted by molar-refractivity contribution is 5.79. The highest BCUT2D eigenvalue weighted by Gasteiger charge is 2.28. The zero-order chi connectivity index (χ0) is 20.1. The molecule has 2 aromatic rings. The van der Waals surface area contributed by atoms with Gasteiger partial charge in [-0.05, 0) is 30.5 Å². The number of hydrogen-bond acceptors (Lipinski definition) is 5. The van der Waals surface area contributed by atoms with Crippen LogP contribution in [-0.2, 0) is 22.5 Å². The Hall–Kier alpha value is -2.76. The van der Waals surface area contributed by atoms with Gasteiger partial charge in [0.25, 0.3) is 0 Å². The van der Waals surface area contributed by atoms with Crippen LogP contribution in [0.4, 0.5) is 4.39 Å². The molecule has 8 heteroatoms. The van der Waals surface area contributed by atoms with E-state index in [-0.39, 0.29) is 18.8 Å². The Balaban J connectivity index is 1.75. The van der Waals surface area contributed by atoms with E-state index in [0.29, 0.717) is 25.1 Å². The number of halogens is 1. The third kappa shape index (κ3) is 4.55. The molecule has 2 atom stereocenters. The predicted molar refractivity (Wildman–Crippen MR) is 102 cm³/mol. The second kappa shape index (κ2) is 8.95. The lowest BCUT2D eigenvalue weighted by Crippen LogP contribution is -2.45. The summed E-state index contributed by atoms with van der Waals surface area (Å²) in [6.45, 7) is 3.98. The van der Waals surface area contributed by atoms with Crippen LogP contribution >= 0.6 is 0 Å². The maximum absolute atomic E-state index is 14.7. The number of nitrogens with zero attached hydrogens (tertiary/aromatic N) is 4. The number of primary amides is 1. The number of benzene rings is 1. The third-order valence-electron chi connectivity index (χ3n) is 4.97. The number of ether oxygens (including phenoxy) is 1. The quantitative estimate of drug-likeness (QED) is 0.817. The summed E-state index contributed by atoms with van der Waals surface area (Å²) in [4.78, 5) is 13.3. The van der Waals surface area contributed by atoms with Gasteiger partial charge in [0.1, 0.15) is 18.0 Å².